The van der Waals surface area contributed by atoms with Crippen LogP contribution in [0.4, 0.5) is 5.69 Å². The monoisotopic (exact) mass is 288 g/mol. The molecule has 5 heteroatoms. The number of aryl methyl sites for hydroxylation is 1. The topological polar surface area (TPSA) is 66.5 Å². The first-order chi connectivity index (χ1) is 9.82. The van der Waals surface area contributed by atoms with E-state index < -0.39 is 11.7 Å². The molecule has 0 fully saturated rings. The van der Waals surface area contributed by atoms with Crippen molar-refractivity contribution in [1.29, 1.82) is 0 Å². The summed E-state index contributed by atoms with van der Waals surface area (Å²) in [6, 6.07) is 3.59. The van der Waals surface area contributed by atoms with Crippen LogP contribution in [-0.4, -0.2) is 30.2 Å². The summed E-state index contributed by atoms with van der Waals surface area (Å²) in [5.74, 6) is -1.16. The third-order valence-electron chi connectivity index (χ3n) is 3.67. The Balaban J connectivity index is 2.23. The van der Waals surface area contributed by atoms with E-state index in [0.717, 1.165) is 11.1 Å². The summed E-state index contributed by atoms with van der Waals surface area (Å²) in [7, 11) is 0. The van der Waals surface area contributed by atoms with Gasteiger partial charge in [-0.25, -0.2) is 0 Å². The number of anilines is 1. The molecule has 2 rings (SSSR count). The first kappa shape index (κ1) is 15.2. The molecule has 0 spiro atoms. The molecule has 0 aliphatic carbocycles. The number of nitrogens with one attached hydrogen (secondary N) is 1. The molecule has 21 heavy (non-hydrogen) atoms. The number of amides is 2. The maximum Gasteiger partial charge on any atom is 0.299 e. The molecule has 0 atom stereocenters. The number of nitrogens with zero attached hydrogens (tertiary/aromatic N) is 1. The summed E-state index contributed by atoms with van der Waals surface area (Å²) >= 11 is 0. The van der Waals surface area contributed by atoms with Gasteiger partial charge in [-0.15, -0.1) is 0 Å². The Kier molecular flexibility index (Phi) is 4.11. The van der Waals surface area contributed by atoms with Crippen molar-refractivity contribution in [2.45, 2.75) is 40.2 Å². The van der Waals surface area contributed by atoms with Gasteiger partial charge in [0.05, 0.1) is 11.3 Å². The maximum atomic E-state index is 12.1. The fourth-order valence-corrected chi connectivity index (χ4v) is 2.49. The van der Waals surface area contributed by atoms with Crippen molar-refractivity contribution >= 4 is 23.3 Å². The van der Waals surface area contributed by atoms with E-state index in [0.29, 0.717) is 11.3 Å². The van der Waals surface area contributed by atoms with Gasteiger partial charge in [0.25, 0.3) is 11.7 Å². The fourth-order valence-electron chi connectivity index (χ4n) is 2.49. The Morgan fingerprint density at radius 3 is 2.52 bits per heavy atom. The van der Waals surface area contributed by atoms with E-state index in [2.05, 4.69) is 5.32 Å². The molecule has 0 unspecified atom stereocenters. The second-order valence-corrected chi connectivity index (χ2v) is 5.66. The van der Waals surface area contributed by atoms with Crippen LogP contribution in [0.1, 0.15) is 41.8 Å². The van der Waals surface area contributed by atoms with E-state index in [4.69, 9.17) is 0 Å². The van der Waals surface area contributed by atoms with Crippen LogP contribution in [-0.2, 0) is 9.59 Å². The molecule has 0 radical (unpaired) electrons. The number of hydrogen-bond acceptors (Lipinski definition) is 3. The van der Waals surface area contributed by atoms with Crippen LogP contribution in [0.15, 0.2) is 12.1 Å². The minimum Gasteiger partial charge on any atom is -0.354 e. The van der Waals surface area contributed by atoms with Gasteiger partial charge >= 0.3 is 0 Å². The van der Waals surface area contributed by atoms with Crippen LogP contribution in [0.2, 0.25) is 0 Å². The number of hydrogen-bond donors (Lipinski definition) is 1. The summed E-state index contributed by atoms with van der Waals surface area (Å²) in [5, 5.41) is 2.78. The first-order valence-corrected chi connectivity index (χ1v) is 7.08. The summed E-state index contributed by atoms with van der Waals surface area (Å²) in [6.07, 6.45) is 0.185. The van der Waals surface area contributed by atoms with Crippen molar-refractivity contribution in [2.24, 2.45) is 0 Å². The molecular weight excluding hydrogens is 268 g/mol. The molecule has 1 heterocycles. The number of carbonyl (C=O) groups excluding carboxylic acids is 3. The van der Waals surface area contributed by atoms with E-state index in [1.54, 1.807) is 6.07 Å². The molecule has 1 aliphatic heterocycles. The quantitative estimate of drug-likeness (QED) is 0.858. The maximum absolute atomic E-state index is 12.1. The Bertz CT molecular complexity index is 620. The van der Waals surface area contributed by atoms with E-state index in [1.165, 1.54) is 4.90 Å². The van der Waals surface area contributed by atoms with Gasteiger partial charge in [-0.3, -0.25) is 14.4 Å². The van der Waals surface area contributed by atoms with Crippen molar-refractivity contribution in [3.63, 3.8) is 0 Å². The molecule has 112 valence electrons. The Hall–Kier alpha value is -2.17. The zero-order valence-electron chi connectivity index (χ0n) is 12.8. The lowest BCUT2D eigenvalue weighted by Gasteiger charge is -2.19. The molecule has 1 aromatic carbocycles. The highest BCUT2D eigenvalue weighted by Crippen LogP contribution is 2.34. The molecule has 0 saturated heterocycles. The van der Waals surface area contributed by atoms with Crippen molar-refractivity contribution < 1.29 is 14.4 Å². The largest absolute Gasteiger partial charge is 0.354 e. The lowest BCUT2D eigenvalue weighted by Crippen LogP contribution is -2.36. The molecule has 0 bridgehead atoms. The SMILES string of the molecule is Cc1ccc2c(c1C)N(CCC(=O)NC(C)C)C(=O)C2=O. The van der Waals surface area contributed by atoms with Gasteiger partial charge in [0.2, 0.25) is 5.91 Å². The third-order valence-corrected chi connectivity index (χ3v) is 3.67. The lowest BCUT2D eigenvalue weighted by atomic mass is 10.0. The Morgan fingerprint density at radius 1 is 1.24 bits per heavy atom. The van der Waals surface area contributed by atoms with Gasteiger partial charge in [0.15, 0.2) is 0 Å². The molecule has 1 aliphatic rings. The minimum atomic E-state index is -0.545. The van der Waals surface area contributed by atoms with E-state index in [1.807, 2.05) is 33.8 Å². The van der Waals surface area contributed by atoms with Crippen LogP contribution in [0, 0.1) is 13.8 Å². The first-order valence-electron chi connectivity index (χ1n) is 7.08. The highest BCUT2D eigenvalue weighted by molar-refractivity contribution is 6.52. The highest BCUT2D eigenvalue weighted by atomic mass is 16.2. The van der Waals surface area contributed by atoms with Crippen LogP contribution in [0.5, 0.6) is 0 Å². The number of rotatable bonds is 4. The standard InChI is InChI=1S/C16H20N2O3/c1-9(2)17-13(19)7-8-18-14-11(4)10(3)5-6-12(14)15(20)16(18)21/h5-6,9H,7-8H2,1-4H3,(H,17,19). The van der Waals surface area contributed by atoms with E-state index >= 15 is 0 Å². The predicted molar refractivity (Wildman–Crippen MR) is 80.5 cm³/mol. The van der Waals surface area contributed by atoms with Crippen molar-refractivity contribution in [3.05, 3.63) is 28.8 Å². The average molecular weight is 288 g/mol. The lowest BCUT2D eigenvalue weighted by molar-refractivity contribution is -0.121. The summed E-state index contributed by atoms with van der Waals surface area (Å²) < 4.78 is 0. The van der Waals surface area contributed by atoms with Crippen molar-refractivity contribution in [2.75, 3.05) is 11.4 Å². The number of Topliss-reactive ketones (excluding diaryl/α,β-unsaturated/α-hetero) is 1. The van der Waals surface area contributed by atoms with Gasteiger partial charge in [-0.1, -0.05) is 6.07 Å². The molecule has 2 amide bonds. The van der Waals surface area contributed by atoms with Gasteiger partial charge in [-0.2, -0.15) is 0 Å². The summed E-state index contributed by atoms with van der Waals surface area (Å²) in [4.78, 5) is 37.3. The van der Waals surface area contributed by atoms with Crippen LogP contribution in [0.25, 0.3) is 0 Å². The molecular formula is C16H20N2O3. The average Bonchev–Trinajstić information content (AvgIpc) is 2.64. The third kappa shape index (κ3) is 2.82. The second-order valence-electron chi connectivity index (χ2n) is 5.66. The fraction of sp³-hybridized carbons (Fsp3) is 0.438. The van der Waals surface area contributed by atoms with E-state index in [-0.39, 0.29) is 24.9 Å². The van der Waals surface area contributed by atoms with Gasteiger partial charge < -0.3 is 10.2 Å². The predicted octanol–water partition coefficient (Wildman–Crippen LogP) is 1.75. The minimum absolute atomic E-state index is 0.0599. The Morgan fingerprint density at radius 2 is 1.90 bits per heavy atom. The molecule has 0 saturated carbocycles. The zero-order valence-corrected chi connectivity index (χ0v) is 12.8. The number of fused-ring (bicyclic) bond motifs is 1. The van der Waals surface area contributed by atoms with Gasteiger partial charge in [0, 0.05) is 19.0 Å². The highest BCUT2D eigenvalue weighted by Gasteiger charge is 2.37. The zero-order chi connectivity index (χ0) is 15.7. The molecule has 1 N–H and O–H groups in total. The van der Waals surface area contributed by atoms with Crippen molar-refractivity contribution in [1.82, 2.24) is 5.32 Å². The Labute approximate surface area is 124 Å². The van der Waals surface area contributed by atoms with Crippen LogP contribution >= 0.6 is 0 Å². The van der Waals surface area contributed by atoms with Crippen molar-refractivity contribution in [3.8, 4) is 0 Å². The smallest absolute Gasteiger partial charge is 0.299 e. The van der Waals surface area contributed by atoms with Gasteiger partial charge in [-0.05, 0) is 44.9 Å². The number of carbonyl (C=O) groups is 3. The second kappa shape index (κ2) is 5.68. The number of ketones is 1. The molecule has 0 aromatic heterocycles. The normalized spacial score (nSPS) is 13.9. The van der Waals surface area contributed by atoms with E-state index in [9.17, 15) is 14.4 Å². The van der Waals surface area contributed by atoms with Crippen LogP contribution < -0.4 is 10.2 Å². The molecule has 1 aromatic rings. The summed E-state index contributed by atoms with van der Waals surface area (Å²) in [5.41, 5.74) is 3.03. The van der Waals surface area contributed by atoms with Crippen LogP contribution in [0.3, 0.4) is 0 Å². The molecule has 5 nitrogen and oxygen atoms in total. The van der Waals surface area contributed by atoms with Gasteiger partial charge in [0.1, 0.15) is 0 Å². The number of benzene rings is 1. The summed E-state index contributed by atoms with van der Waals surface area (Å²) in [6.45, 7) is 7.81.